The molecule has 0 heterocycles. The van der Waals surface area contributed by atoms with E-state index >= 15 is 0 Å². The fourth-order valence-corrected chi connectivity index (χ4v) is 0.427. The molecule has 0 rings (SSSR count). The van der Waals surface area contributed by atoms with Gasteiger partial charge in [-0.2, -0.15) is 0 Å². The second-order valence-electron chi connectivity index (χ2n) is 1.94. The molecule has 0 aromatic rings. The van der Waals surface area contributed by atoms with Crippen molar-refractivity contribution < 1.29 is 35.8 Å². The summed E-state index contributed by atoms with van der Waals surface area (Å²) in [6.45, 7) is 3.31. The normalized spacial score (nSPS) is 10.1. The van der Waals surface area contributed by atoms with Crippen LogP contribution in [0.4, 0.5) is 0 Å². The second kappa shape index (κ2) is 8.08. The SMILES string of the molecule is CCCCC[NH3+].[O]=[Re](=[O])(=[O])[O-]. The fourth-order valence-electron chi connectivity index (χ4n) is 0.427. The molecule has 70 valence electrons. The van der Waals surface area contributed by atoms with Crippen LogP contribution in [0.3, 0.4) is 0 Å². The third kappa shape index (κ3) is 71.5. The Morgan fingerprint density at radius 2 is 1.64 bits per heavy atom. The summed E-state index contributed by atoms with van der Waals surface area (Å²) >= 11 is -6.11. The molecule has 0 atom stereocenters. The minimum atomic E-state index is -6.11. The molecule has 0 saturated heterocycles. The fraction of sp³-hybridized carbons (Fsp3) is 1.00. The average Bonchev–Trinajstić information content (AvgIpc) is 1.79. The van der Waals surface area contributed by atoms with Gasteiger partial charge in [0.1, 0.15) is 0 Å². The summed E-state index contributed by atoms with van der Waals surface area (Å²) in [4.78, 5) is 0. The molecule has 0 unspecified atom stereocenters. The maximum atomic E-state index is 8.64. The Morgan fingerprint density at radius 1 is 1.27 bits per heavy atom. The molecule has 0 aliphatic rings. The molecule has 0 saturated carbocycles. The summed E-state index contributed by atoms with van der Waals surface area (Å²) in [5.74, 6) is 0. The number of quaternary nitrogens is 1. The summed E-state index contributed by atoms with van der Waals surface area (Å²) in [6.07, 6.45) is 3.97. The van der Waals surface area contributed by atoms with Crippen LogP contribution in [0.2, 0.25) is 0 Å². The van der Waals surface area contributed by atoms with Crippen LogP contribution in [0.25, 0.3) is 0 Å². The van der Waals surface area contributed by atoms with E-state index in [2.05, 4.69) is 12.7 Å². The van der Waals surface area contributed by atoms with Crippen LogP contribution >= 0.6 is 0 Å². The topological polar surface area (TPSA) is 102 Å². The van der Waals surface area contributed by atoms with Crippen LogP contribution in [0.15, 0.2) is 0 Å². The van der Waals surface area contributed by atoms with Gasteiger partial charge in [0.05, 0.1) is 6.54 Å². The Bertz CT molecular complexity index is 183. The first-order chi connectivity index (χ1) is 4.91. The zero-order valence-corrected chi connectivity index (χ0v) is 9.26. The third-order valence-corrected chi connectivity index (χ3v) is 0.854. The van der Waals surface area contributed by atoms with Crippen molar-refractivity contribution in [3.63, 3.8) is 0 Å². The van der Waals surface area contributed by atoms with Gasteiger partial charge < -0.3 is 5.73 Å². The van der Waals surface area contributed by atoms with Gasteiger partial charge in [0.2, 0.25) is 0 Å². The second-order valence-corrected chi connectivity index (χ2v) is 4.65. The molecule has 0 aromatic heterocycles. The molecule has 0 aliphatic heterocycles. The quantitative estimate of drug-likeness (QED) is 0.658. The summed E-state index contributed by atoms with van der Waals surface area (Å²) in [5.41, 5.74) is 3.72. The molecular weight excluding hydrogens is 324 g/mol. The van der Waals surface area contributed by atoms with Crippen molar-refractivity contribution in [2.45, 2.75) is 26.2 Å². The zero-order chi connectivity index (χ0) is 9.33. The first-order valence-electron chi connectivity index (χ1n) is 3.32. The standard InChI is InChI=1S/C5H13N.4O.Re/c1-2-3-4-5-6;;;;;/h2-6H2,1H3;;;;;/q;;;;-1;/p+1. The van der Waals surface area contributed by atoms with Crippen molar-refractivity contribution >= 4 is 0 Å². The van der Waals surface area contributed by atoms with E-state index in [1.54, 1.807) is 0 Å². The van der Waals surface area contributed by atoms with Crippen LogP contribution in [-0.2, 0) is 26.2 Å². The molecular formula is C5H14NO4Re. The first kappa shape index (κ1) is 13.6. The summed E-state index contributed by atoms with van der Waals surface area (Å²) in [5, 5.41) is 0. The van der Waals surface area contributed by atoms with Gasteiger partial charge >= 0.3 is 30.0 Å². The molecule has 6 heteroatoms. The van der Waals surface area contributed by atoms with Crippen LogP contribution in [-0.4, -0.2) is 6.54 Å². The van der Waals surface area contributed by atoms with Crippen molar-refractivity contribution in [1.29, 1.82) is 0 Å². The molecule has 11 heavy (non-hydrogen) atoms. The Hall–Kier alpha value is -0.0177. The van der Waals surface area contributed by atoms with E-state index in [1.807, 2.05) is 0 Å². The van der Waals surface area contributed by atoms with Gasteiger partial charge in [-0.1, -0.05) is 13.3 Å². The monoisotopic (exact) mass is 339 g/mol. The van der Waals surface area contributed by atoms with Gasteiger partial charge in [0.15, 0.2) is 0 Å². The average molecular weight is 338 g/mol. The molecule has 0 aromatic carbocycles. The zero-order valence-electron chi connectivity index (χ0n) is 6.55. The molecule has 0 spiro atoms. The third-order valence-electron chi connectivity index (χ3n) is 0.854. The van der Waals surface area contributed by atoms with Crippen molar-refractivity contribution in [2.75, 3.05) is 6.54 Å². The number of unbranched alkanes of at least 4 members (excludes halogenated alkanes) is 2. The van der Waals surface area contributed by atoms with E-state index in [9.17, 15) is 0 Å². The van der Waals surface area contributed by atoms with Crippen molar-refractivity contribution in [3.8, 4) is 0 Å². The van der Waals surface area contributed by atoms with E-state index < -0.39 is 15.8 Å². The van der Waals surface area contributed by atoms with Crippen molar-refractivity contribution in [1.82, 2.24) is 0 Å². The van der Waals surface area contributed by atoms with Gasteiger partial charge in [-0.15, -0.1) is 0 Å². The van der Waals surface area contributed by atoms with Crippen LogP contribution in [0, 0.1) is 0 Å². The summed E-state index contributed by atoms with van der Waals surface area (Å²) in [6, 6.07) is 0. The Kier molecular flexibility index (Phi) is 9.97. The molecule has 0 radical (unpaired) electrons. The molecule has 0 fully saturated rings. The van der Waals surface area contributed by atoms with Gasteiger partial charge in [0.25, 0.3) is 0 Å². The Morgan fingerprint density at radius 3 is 1.73 bits per heavy atom. The Labute approximate surface area is 68.9 Å². The predicted octanol–water partition coefficient (Wildman–Crippen LogP) is -1.13. The van der Waals surface area contributed by atoms with Crippen molar-refractivity contribution in [2.24, 2.45) is 0 Å². The first-order valence-corrected chi connectivity index (χ1v) is 7.76. The van der Waals surface area contributed by atoms with E-state index in [-0.39, 0.29) is 0 Å². The van der Waals surface area contributed by atoms with E-state index in [1.165, 1.54) is 19.3 Å². The van der Waals surface area contributed by atoms with Crippen LogP contribution in [0.5, 0.6) is 0 Å². The van der Waals surface area contributed by atoms with Crippen LogP contribution < -0.4 is 9.56 Å². The van der Waals surface area contributed by atoms with E-state index in [0.717, 1.165) is 6.54 Å². The maximum absolute atomic E-state index is 8.64. The number of hydrogen-bond acceptors (Lipinski definition) is 4. The summed E-state index contributed by atoms with van der Waals surface area (Å²) in [7, 11) is 0. The number of hydrogen-bond donors (Lipinski definition) is 1. The van der Waals surface area contributed by atoms with E-state index in [0.29, 0.717) is 0 Å². The Balaban J connectivity index is 0. The predicted molar refractivity (Wildman–Crippen MR) is 29.3 cm³/mol. The molecule has 5 nitrogen and oxygen atoms in total. The minimum absolute atomic E-state index is 1.10. The molecule has 0 bridgehead atoms. The summed E-state index contributed by atoms with van der Waals surface area (Å²) < 4.78 is 34.6. The van der Waals surface area contributed by atoms with Crippen molar-refractivity contribution in [3.05, 3.63) is 0 Å². The van der Waals surface area contributed by atoms with Gasteiger partial charge in [-0.25, -0.2) is 0 Å². The van der Waals surface area contributed by atoms with Crippen LogP contribution in [0.1, 0.15) is 26.2 Å². The molecule has 0 aliphatic carbocycles. The molecule has 3 N–H and O–H groups in total. The van der Waals surface area contributed by atoms with Gasteiger partial charge in [-0.3, -0.25) is 0 Å². The molecule has 0 amide bonds. The van der Waals surface area contributed by atoms with Gasteiger partial charge in [0, 0.05) is 0 Å². The number of rotatable bonds is 3. The van der Waals surface area contributed by atoms with E-state index in [4.69, 9.17) is 14.2 Å². The van der Waals surface area contributed by atoms with Gasteiger partial charge in [-0.05, 0) is 12.8 Å².